The quantitative estimate of drug-likeness (QED) is 0.407. The summed E-state index contributed by atoms with van der Waals surface area (Å²) in [6.07, 6.45) is 16.3. The first kappa shape index (κ1) is 23.6. The lowest BCUT2D eigenvalue weighted by atomic mass is 9.92. The Bertz CT molecular complexity index is 1050. The normalized spacial score (nSPS) is 18.6. The summed E-state index contributed by atoms with van der Waals surface area (Å²) in [5.41, 5.74) is 5.30. The Morgan fingerprint density at radius 2 is 1.68 bits per heavy atom. The van der Waals surface area contributed by atoms with Gasteiger partial charge in [0.1, 0.15) is 5.00 Å². The molecule has 3 aliphatic carbocycles. The molecule has 1 N–H and O–H groups in total. The summed E-state index contributed by atoms with van der Waals surface area (Å²) in [5, 5.41) is 8.79. The number of aryl methyl sites for hydroxylation is 1. The van der Waals surface area contributed by atoms with Crippen LogP contribution in [0.5, 0.6) is 0 Å². The minimum atomic E-state index is -0.309. The standard InChI is InChI=1S/C27H37N3O3S/c1-2-33-27(32)25-20-14-7-4-8-16-23(20)34-26(25)28-24(31)17-21-19-13-9-10-15-22(19)30(29-21)18-11-5-3-6-12-18/h18H,2-17H2,1H3,(H,28,31). The van der Waals surface area contributed by atoms with Gasteiger partial charge in [-0.15, -0.1) is 11.3 Å². The van der Waals surface area contributed by atoms with Crippen molar-refractivity contribution in [1.29, 1.82) is 0 Å². The zero-order chi connectivity index (χ0) is 23.5. The molecule has 0 aromatic carbocycles. The molecule has 6 nitrogen and oxygen atoms in total. The first-order valence-electron chi connectivity index (χ1n) is 13.4. The van der Waals surface area contributed by atoms with Gasteiger partial charge in [-0.2, -0.15) is 5.10 Å². The van der Waals surface area contributed by atoms with Gasteiger partial charge >= 0.3 is 5.97 Å². The number of fused-ring (bicyclic) bond motifs is 2. The molecule has 3 aliphatic rings. The average Bonchev–Trinajstić information content (AvgIpc) is 3.28. The molecule has 0 atom stereocenters. The van der Waals surface area contributed by atoms with E-state index < -0.39 is 0 Å². The summed E-state index contributed by atoms with van der Waals surface area (Å²) < 4.78 is 7.66. The highest BCUT2D eigenvalue weighted by Crippen LogP contribution is 2.38. The fourth-order valence-electron chi connectivity index (χ4n) is 6.05. The number of nitrogens with zero attached hydrogens (tertiary/aromatic N) is 2. The number of thiophene rings is 1. The van der Waals surface area contributed by atoms with Gasteiger partial charge < -0.3 is 10.1 Å². The van der Waals surface area contributed by atoms with E-state index >= 15 is 0 Å². The van der Waals surface area contributed by atoms with E-state index in [9.17, 15) is 9.59 Å². The Morgan fingerprint density at radius 1 is 0.971 bits per heavy atom. The summed E-state index contributed by atoms with van der Waals surface area (Å²) in [7, 11) is 0. The fraction of sp³-hybridized carbons (Fsp3) is 0.667. The summed E-state index contributed by atoms with van der Waals surface area (Å²) >= 11 is 1.57. The molecule has 1 fully saturated rings. The number of carbonyl (C=O) groups excluding carboxylic acids is 2. The molecule has 184 valence electrons. The van der Waals surface area contributed by atoms with Crippen LogP contribution in [0.15, 0.2) is 0 Å². The second-order valence-electron chi connectivity index (χ2n) is 10.0. The average molecular weight is 484 g/mol. The molecule has 0 unspecified atom stereocenters. The first-order chi connectivity index (χ1) is 16.7. The highest BCUT2D eigenvalue weighted by Gasteiger charge is 2.29. The lowest BCUT2D eigenvalue weighted by Gasteiger charge is -2.25. The maximum absolute atomic E-state index is 13.3. The smallest absolute Gasteiger partial charge is 0.341 e. The van der Waals surface area contributed by atoms with Crippen molar-refractivity contribution in [2.45, 2.75) is 109 Å². The van der Waals surface area contributed by atoms with Gasteiger partial charge in [-0.1, -0.05) is 25.7 Å². The molecular weight excluding hydrogens is 446 g/mol. The first-order valence-corrected chi connectivity index (χ1v) is 14.2. The third-order valence-corrected chi connectivity index (χ3v) is 8.90. The highest BCUT2D eigenvalue weighted by atomic mass is 32.1. The predicted octanol–water partition coefficient (Wildman–Crippen LogP) is 5.96. The maximum atomic E-state index is 13.3. The van der Waals surface area contributed by atoms with E-state index in [0.717, 1.165) is 49.8 Å². The molecule has 1 saturated carbocycles. The largest absolute Gasteiger partial charge is 0.462 e. The second-order valence-corrected chi connectivity index (χ2v) is 11.1. The number of hydrogen-bond acceptors (Lipinski definition) is 5. The van der Waals surface area contributed by atoms with Gasteiger partial charge in [-0.25, -0.2) is 4.79 Å². The van der Waals surface area contributed by atoms with Crippen LogP contribution < -0.4 is 5.32 Å². The molecule has 34 heavy (non-hydrogen) atoms. The minimum absolute atomic E-state index is 0.0800. The number of amides is 1. The Hall–Kier alpha value is -2.15. The number of anilines is 1. The van der Waals surface area contributed by atoms with Gasteiger partial charge in [0.25, 0.3) is 0 Å². The van der Waals surface area contributed by atoms with Crippen LogP contribution in [-0.2, 0) is 41.6 Å². The number of nitrogens with one attached hydrogen (secondary N) is 1. The number of ether oxygens (including phenoxy) is 1. The highest BCUT2D eigenvalue weighted by molar-refractivity contribution is 7.17. The Kier molecular flexibility index (Phi) is 7.37. The van der Waals surface area contributed by atoms with Crippen molar-refractivity contribution >= 4 is 28.2 Å². The Morgan fingerprint density at radius 3 is 2.50 bits per heavy atom. The van der Waals surface area contributed by atoms with Gasteiger partial charge in [0.15, 0.2) is 0 Å². The Labute approximate surface area is 206 Å². The lowest BCUT2D eigenvalue weighted by molar-refractivity contribution is -0.115. The van der Waals surface area contributed by atoms with Crippen molar-refractivity contribution in [3.63, 3.8) is 0 Å². The fourth-order valence-corrected chi connectivity index (χ4v) is 7.34. The van der Waals surface area contributed by atoms with E-state index in [1.165, 1.54) is 67.5 Å². The number of rotatable bonds is 6. The van der Waals surface area contributed by atoms with Crippen LogP contribution in [0.2, 0.25) is 0 Å². The third-order valence-electron chi connectivity index (χ3n) is 7.69. The molecule has 0 saturated heterocycles. The molecular formula is C27H37N3O3S. The molecule has 0 spiro atoms. The van der Waals surface area contributed by atoms with Crippen molar-refractivity contribution in [3.8, 4) is 0 Å². The van der Waals surface area contributed by atoms with Crippen molar-refractivity contribution in [2.75, 3.05) is 11.9 Å². The Balaban J connectivity index is 1.38. The molecule has 0 aliphatic heterocycles. The molecule has 7 heteroatoms. The van der Waals surface area contributed by atoms with Crippen LogP contribution in [0.4, 0.5) is 5.00 Å². The monoisotopic (exact) mass is 483 g/mol. The molecule has 2 aromatic rings. The summed E-state index contributed by atoms with van der Waals surface area (Å²) in [6, 6.07) is 0.487. The zero-order valence-electron chi connectivity index (χ0n) is 20.4. The second kappa shape index (κ2) is 10.6. The molecule has 2 aromatic heterocycles. The van der Waals surface area contributed by atoms with Crippen molar-refractivity contribution < 1.29 is 14.3 Å². The summed E-state index contributed by atoms with van der Waals surface area (Å²) in [4.78, 5) is 27.3. The lowest BCUT2D eigenvalue weighted by Crippen LogP contribution is -2.18. The van der Waals surface area contributed by atoms with E-state index in [0.29, 0.717) is 23.2 Å². The molecule has 0 bridgehead atoms. The molecule has 2 heterocycles. The van der Waals surface area contributed by atoms with E-state index in [-0.39, 0.29) is 18.3 Å². The predicted molar refractivity (Wildman–Crippen MR) is 135 cm³/mol. The van der Waals surface area contributed by atoms with E-state index in [4.69, 9.17) is 9.84 Å². The van der Waals surface area contributed by atoms with Crippen LogP contribution in [0.3, 0.4) is 0 Å². The van der Waals surface area contributed by atoms with Gasteiger partial charge in [0.05, 0.1) is 30.3 Å². The van der Waals surface area contributed by atoms with E-state index in [1.54, 1.807) is 11.3 Å². The van der Waals surface area contributed by atoms with Crippen LogP contribution in [-0.4, -0.2) is 28.3 Å². The SMILES string of the molecule is CCOC(=O)c1c(NC(=O)Cc2nn(C3CCCCC3)c3c2CCCC3)sc2c1CCCCC2. The van der Waals surface area contributed by atoms with Gasteiger partial charge in [-0.3, -0.25) is 9.48 Å². The van der Waals surface area contributed by atoms with Crippen molar-refractivity contribution in [2.24, 2.45) is 0 Å². The van der Waals surface area contributed by atoms with Crippen LogP contribution in [0, 0.1) is 0 Å². The van der Waals surface area contributed by atoms with Gasteiger partial charge in [0, 0.05) is 10.6 Å². The van der Waals surface area contributed by atoms with Gasteiger partial charge in [-0.05, 0) is 82.3 Å². The van der Waals surface area contributed by atoms with Gasteiger partial charge in [0.2, 0.25) is 5.91 Å². The van der Waals surface area contributed by atoms with Crippen molar-refractivity contribution in [3.05, 3.63) is 33.0 Å². The third kappa shape index (κ3) is 4.81. The van der Waals surface area contributed by atoms with E-state index in [1.807, 2.05) is 6.92 Å². The maximum Gasteiger partial charge on any atom is 0.341 e. The van der Waals surface area contributed by atoms with Crippen LogP contribution >= 0.6 is 11.3 Å². The molecule has 5 rings (SSSR count). The number of hydrogen-bond donors (Lipinski definition) is 1. The summed E-state index contributed by atoms with van der Waals surface area (Å²) in [6.45, 7) is 2.16. The topological polar surface area (TPSA) is 73.2 Å². The molecule has 1 amide bonds. The summed E-state index contributed by atoms with van der Waals surface area (Å²) in [5.74, 6) is -0.389. The zero-order valence-corrected chi connectivity index (χ0v) is 21.2. The number of carbonyl (C=O) groups is 2. The number of esters is 1. The number of aromatic nitrogens is 2. The molecule has 0 radical (unpaired) electrons. The minimum Gasteiger partial charge on any atom is -0.462 e. The van der Waals surface area contributed by atoms with Crippen LogP contribution in [0.1, 0.15) is 115 Å². The van der Waals surface area contributed by atoms with E-state index in [2.05, 4.69) is 10.00 Å². The van der Waals surface area contributed by atoms with Crippen molar-refractivity contribution in [1.82, 2.24) is 9.78 Å². The van der Waals surface area contributed by atoms with Crippen LogP contribution in [0.25, 0.3) is 0 Å².